The molecule has 0 aromatic rings. The number of hydrogen-bond acceptors (Lipinski definition) is 0. The van der Waals surface area contributed by atoms with E-state index in [1.54, 1.807) is 0 Å². The molecule has 0 atom stereocenters. The van der Waals surface area contributed by atoms with Gasteiger partial charge in [-0.05, 0) is 30.6 Å². The van der Waals surface area contributed by atoms with E-state index in [1.807, 2.05) is 0 Å². The first-order chi connectivity index (χ1) is 4.70. The summed E-state index contributed by atoms with van der Waals surface area (Å²) in [4.78, 5) is 0. The first-order valence-electron chi connectivity index (χ1n) is 4.70. The number of hydrogen-bond donors (Lipinski definition) is 0. The molecule has 1 rings (SSSR count). The normalized spacial score (nSPS) is 31.6. The molecule has 0 aromatic heterocycles. The predicted molar refractivity (Wildman–Crippen MR) is 47.1 cm³/mol. The molecule has 0 N–H and O–H groups in total. The summed E-state index contributed by atoms with van der Waals surface area (Å²) < 4.78 is 0. The van der Waals surface area contributed by atoms with Crippen molar-refractivity contribution in [3.8, 4) is 0 Å². The van der Waals surface area contributed by atoms with Crippen LogP contribution in [0.2, 0.25) is 0 Å². The van der Waals surface area contributed by atoms with Crippen LogP contribution < -0.4 is 29.6 Å². The van der Waals surface area contributed by atoms with E-state index >= 15 is 0 Å². The fourth-order valence-corrected chi connectivity index (χ4v) is 1.95. The Labute approximate surface area is 94.9 Å². The van der Waals surface area contributed by atoms with Crippen molar-refractivity contribution in [2.45, 2.75) is 46.5 Å². The van der Waals surface area contributed by atoms with Crippen molar-refractivity contribution >= 4 is 0 Å². The van der Waals surface area contributed by atoms with Crippen LogP contribution >= 0.6 is 0 Å². The summed E-state index contributed by atoms with van der Waals surface area (Å²) in [5, 5.41) is 0. The second-order valence-corrected chi connectivity index (χ2v) is 4.26. The van der Waals surface area contributed by atoms with Gasteiger partial charge in [0, 0.05) is 0 Å². The Morgan fingerprint density at radius 3 is 1.91 bits per heavy atom. The SMILES string of the molecule is CC1CCC(C(C)C)CC1.[H-].[Na+]. The Kier molecular flexibility index (Phi) is 6.12. The third-order valence-electron chi connectivity index (χ3n) is 3.00. The van der Waals surface area contributed by atoms with Gasteiger partial charge in [-0.1, -0.05) is 33.6 Å². The zero-order valence-electron chi connectivity index (χ0n) is 9.56. The van der Waals surface area contributed by atoms with Gasteiger partial charge < -0.3 is 1.43 Å². The van der Waals surface area contributed by atoms with E-state index in [9.17, 15) is 0 Å². The average molecular weight is 164 g/mol. The molecule has 0 radical (unpaired) electrons. The monoisotopic (exact) mass is 164 g/mol. The van der Waals surface area contributed by atoms with Gasteiger partial charge in [0.1, 0.15) is 0 Å². The molecule has 0 bridgehead atoms. The van der Waals surface area contributed by atoms with Crippen LogP contribution in [0.25, 0.3) is 0 Å². The number of rotatable bonds is 1. The Bertz CT molecular complexity index is 96.0. The zero-order chi connectivity index (χ0) is 7.56. The third-order valence-corrected chi connectivity index (χ3v) is 3.00. The van der Waals surface area contributed by atoms with Crippen molar-refractivity contribution in [2.24, 2.45) is 17.8 Å². The summed E-state index contributed by atoms with van der Waals surface area (Å²) in [5.41, 5.74) is 0. The van der Waals surface area contributed by atoms with E-state index in [1.165, 1.54) is 25.7 Å². The van der Waals surface area contributed by atoms with Gasteiger partial charge >= 0.3 is 29.6 Å². The first-order valence-corrected chi connectivity index (χ1v) is 4.70. The zero-order valence-corrected chi connectivity index (χ0v) is 10.6. The molecular formula is C10H21Na. The molecule has 1 aliphatic rings. The topological polar surface area (TPSA) is 0 Å². The van der Waals surface area contributed by atoms with E-state index in [4.69, 9.17) is 0 Å². The van der Waals surface area contributed by atoms with Crippen molar-refractivity contribution in [3.05, 3.63) is 0 Å². The molecule has 1 saturated carbocycles. The first kappa shape index (κ1) is 12.0. The Morgan fingerprint density at radius 1 is 1.09 bits per heavy atom. The maximum absolute atomic E-state index is 2.39. The summed E-state index contributed by atoms with van der Waals surface area (Å²) in [6.07, 6.45) is 5.92. The van der Waals surface area contributed by atoms with E-state index in [0.29, 0.717) is 0 Å². The van der Waals surface area contributed by atoms with Gasteiger partial charge in [-0.3, -0.25) is 0 Å². The molecule has 11 heavy (non-hydrogen) atoms. The molecular weight excluding hydrogens is 143 g/mol. The summed E-state index contributed by atoms with van der Waals surface area (Å²) in [7, 11) is 0. The molecule has 0 saturated heterocycles. The van der Waals surface area contributed by atoms with Crippen LogP contribution in [-0.4, -0.2) is 0 Å². The average Bonchev–Trinajstić information content (AvgIpc) is 1.88. The summed E-state index contributed by atoms with van der Waals surface area (Å²) in [6.45, 7) is 7.11. The van der Waals surface area contributed by atoms with E-state index < -0.39 is 0 Å². The summed E-state index contributed by atoms with van der Waals surface area (Å²) in [5.74, 6) is 2.97. The molecule has 0 nitrogen and oxygen atoms in total. The second-order valence-electron chi connectivity index (χ2n) is 4.26. The van der Waals surface area contributed by atoms with Crippen molar-refractivity contribution < 1.29 is 31.0 Å². The fraction of sp³-hybridized carbons (Fsp3) is 1.00. The predicted octanol–water partition coefficient (Wildman–Crippen LogP) is 0.585. The molecule has 1 heteroatoms. The van der Waals surface area contributed by atoms with E-state index in [2.05, 4.69) is 20.8 Å². The Morgan fingerprint density at radius 2 is 1.55 bits per heavy atom. The maximum Gasteiger partial charge on any atom is 1.00 e. The molecule has 1 fully saturated rings. The quantitative estimate of drug-likeness (QED) is 0.497. The fourth-order valence-electron chi connectivity index (χ4n) is 1.95. The minimum Gasteiger partial charge on any atom is -1.00 e. The molecule has 62 valence electrons. The standard InChI is InChI=1S/C10H20.Na.H/c1-8(2)10-6-4-9(3)5-7-10;;/h8-10H,4-7H2,1-3H3;;/q;+1;-1. The van der Waals surface area contributed by atoms with E-state index in [-0.39, 0.29) is 31.0 Å². The molecule has 0 aliphatic heterocycles. The van der Waals surface area contributed by atoms with Gasteiger partial charge in [-0.2, -0.15) is 0 Å². The van der Waals surface area contributed by atoms with Crippen LogP contribution in [0.5, 0.6) is 0 Å². The van der Waals surface area contributed by atoms with Crippen LogP contribution in [0.1, 0.15) is 47.9 Å². The van der Waals surface area contributed by atoms with E-state index in [0.717, 1.165) is 17.8 Å². The van der Waals surface area contributed by atoms with Crippen molar-refractivity contribution in [1.29, 1.82) is 0 Å². The van der Waals surface area contributed by atoms with Crippen LogP contribution in [0.4, 0.5) is 0 Å². The van der Waals surface area contributed by atoms with Gasteiger partial charge in [0.15, 0.2) is 0 Å². The smallest absolute Gasteiger partial charge is 1.00 e. The minimum atomic E-state index is 0. The Hall–Kier alpha value is 1.00. The van der Waals surface area contributed by atoms with Gasteiger partial charge in [-0.15, -0.1) is 0 Å². The van der Waals surface area contributed by atoms with Crippen LogP contribution in [0.15, 0.2) is 0 Å². The molecule has 0 amide bonds. The third kappa shape index (κ3) is 3.96. The molecule has 0 heterocycles. The van der Waals surface area contributed by atoms with Gasteiger partial charge in [0.05, 0.1) is 0 Å². The van der Waals surface area contributed by atoms with Gasteiger partial charge in [-0.25, -0.2) is 0 Å². The van der Waals surface area contributed by atoms with Crippen molar-refractivity contribution in [3.63, 3.8) is 0 Å². The molecule has 0 aromatic carbocycles. The van der Waals surface area contributed by atoms with Crippen LogP contribution in [0.3, 0.4) is 0 Å². The second kappa shape index (κ2) is 5.61. The summed E-state index contributed by atoms with van der Waals surface area (Å²) in [6, 6.07) is 0. The van der Waals surface area contributed by atoms with Crippen LogP contribution in [-0.2, 0) is 0 Å². The molecule has 0 unspecified atom stereocenters. The largest absolute Gasteiger partial charge is 1.00 e. The van der Waals surface area contributed by atoms with Crippen molar-refractivity contribution in [1.82, 2.24) is 0 Å². The summed E-state index contributed by atoms with van der Waals surface area (Å²) >= 11 is 0. The Balaban J connectivity index is 0. The molecule has 1 aliphatic carbocycles. The van der Waals surface area contributed by atoms with Gasteiger partial charge in [0.2, 0.25) is 0 Å². The maximum atomic E-state index is 2.39. The van der Waals surface area contributed by atoms with Crippen LogP contribution in [0, 0.1) is 17.8 Å². The van der Waals surface area contributed by atoms with Gasteiger partial charge in [0.25, 0.3) is 0 Å². The minimum absolute atomic E-state index is 0. The van der Waals surface area contributed by atoms with Crippen molar-refractivity contribution in [2.75, 3.05) is 0 Å². The molecule has 0 spiro atoms.